The van der Waals surface area contributed by atoms with Gasteiger partial charge in [-0.15, -0.1) is 0 Å². The number of aromatic nitrogens is 1. The third-order valence-corrected chi connectivity index (χ3v) is 4.00. The molecule has 2 N–H and O–H groups in total. The second-order valence-corrected chi connectivity index (χ2v) is 6.05. The van der Waals surface area contributed by atoms with Crippen molar-refractivity contribution in [2.24, 2.45) is 0 Å². The van der Waals surface area contributed by atoms with Crippen molar-refractivity contribution in [3.8, 4) is 11.5 Å². The van der Waals surface area contributed by atoms with Crippen LogP contribution in [0.15, 0.2) is 60.9 Å². The average molecular weight is 384 g/mol. The first-order valence-electron chi connectivity index (χ1n) is 8.10. The van der Waals surface area contributed by atoms with Crippen molar-refractivity contribution in [1.82, 2.24) is 4.98 Å². The van der Waals surface area contributed by atoms with E-state index in [4.69, 9.17) is 21.1 Å². The number of pyridine rings is 1. The van der Waals surface area contributed by atoms with E-state index in [0.717, 1.165) is 5.69 Å². The molecule has 3 aromatic rings. The monoisotopic (exact) mass is 383 g/mol. The van der Waals surface area contributed by atoms with Crippen molar-refractivity contribution in [3.63, 3.8) is 0 Å². The van der Waals surface area contributed by atoms with Gasteiger partial charge in [-0.3, -0.25) is 9.78 Å². The Morgan fingerprint density at radius 3 is 2.59 bits per heavy atom. The highest BCUT2D eigenvalue weighted by Crippen LogP contribution is 2.29. The van der Waals surface area contributed by atoms with Crippen LogP contribution < -0.4 is 20.1 Å². The Morgan fingerprint density at radius 2 is 1.85 bits per heavy atom. The van der Waals surface area contributed by atoms with E-state index in [1.165, 1.54) is 13.3 Å². The Hall–Kier alpha value is -3.25. The predicted molar refractivity (Wildman–Crippen MR) is 106 cm³/mol. The zero-order valence-electron chi connectivity index (χ0n) is 14.8. The molecule has 0 unspecified atom stereocenters. The van der Waals surface area contributed by atoms with Crippen molar-refractivity contribution in [2.45, 2.75) is 0 Å². The summed E-state index contributed by atoms with van der Waals surface area (Å²) in [5, 5.41) is 6.61. The van der Waals surface area contributed by atoms with Gasteiger partial charge in [-0.1, -0.05) is 17.7 Å². The summed E-state index contributed by atoms with van der Waals surface area (Å²) >= 11 is 5.99. The lowest BCUT2D eigenvalue weighted by Gasteiger charge is -2.12. The van der Waals surface area contributed by atoms with E-state index in [2.05, 4.69) is 15.6 Å². The number of carbonyl (C=O) groups is 1. The van der Waals surface area contributed by atoms with Gasteiger partial charge in [0.25, 0.3) is 5.91 Å². The zero-order chi connectivity index (χ0) is 19.2. The van der Waals surface area contributed by atoms with Crippen LogP contribution >= 0.6 is 11.6 Å². The number of halogens is 1. The largest absolute Gasteiger partial charge is 0.497 e. The minimum Gasteiger partial charge on any atom is -0.497 e. The Morgan fingerprint density at radius 1 is 1.00 bits per heavy atom. The minimum atomic E-state index is -0.316. The van der Waals surface area contributed by atoms with Crippen LogP contribution in [0.3, 0.4) is 0 Å². The molecule has 0 fully saturated rings. The van der Waals surface area contributed by atoms with Crippen molar-refractivity contribution >= 4 is 34.6 Å². The fourth-order valence-corrected chi connectivity index (χ4v) is 2.66. The number of nitrogens with zero attached hydrogens (tertiary/aromatic N) is 1. The van der Waals surface area contributed by atoms with Gasteiger partial charge in [-0.05, 0) is 36.4 Å². The summed E-state index contributed by atoms with van der Waals surface area (Å²) in [6.45, 7) is 0. The average Bonchev–Trinajstić information content (AvgIpc) is 2.68. The van der Waals surface area contributed by atoms with E-state index < -0.39 is 0 Å². The summed E-state index contributed by atoms with van der Waals surface area (Å²) in [6, 6.07) is 14.2. The number of hydrogen-bond acceptors (Lipinski definition) is 5. The van der Waals surface area contributed by atoms with Crippen LogP contribution in [0, 0.1) is 0 Å². The van der Waals surface area contributed by atoms with Crippen LogP contribution in [0.2, 0.25) is 5.02 Å². The predicted octanol–water partition coefficient (Wildman–Crippen LogP) is 4.75. The van der Waals surface area contributed by atoms with E-state index in [0.29, 0.717) is 33.5 Å². The number of hydrogen-bond donors (Lipinski definition) is 2. The first-order chi connectivity index (χ1) is 13.1. The Kier molecular flexibility index (Phi) is 5.78. The van der Waals surface area contributed by atoms with E-state index in [1.807, 2.05) is 12.1 Å². The highest BCUT2D eigenvalue weighted by Gasteiger charge is 2.12. The van der Waals surface area contributed by atoms with E-state index in [1.54, 1.807) is 49.7 Å². The maximum Gasteiger partial charge on any atom is 0.257 e. The lowest BCUT2D eigenvalue weighted by Crippen LogP contribution is -2.13. The number of ether oxygens (including phenoxy) is 2. The molecule has 0 saturated heterocycles. The molecular formula is C20H18ClN3O3. The number of nitrogens with one attached hydrogen (secondary N) is 2. The van der Waals surface area contributed by atoms with Gasteiger partial charge < -0.3 is 20.1 Å². The molecular weight excluding hydrogens is 366 g/mol. The normalized spacial score (nSPS) is 10.2. The summed E-state index contributed by atoms with van der Waals surface area (Å²) < 4.78 is 10.5. The van der Waals surface area contributed by atoms with Gasteiger partial charge in [0.15, 0.2) is 0 Å². The van der Waals surface area contributed by atoms with Crippen LogP contribution in [0.1, 0.15) is 10.4 Å². The van der Waals surface area contributed by atoms with Crippen LogP contribution in [0.25, 0.3) is 0 Å². The van der Waals surface area contributed by atoms with Gasteiger partial charge in [0.1, 0.15) is 11.5 Å². The van der Waals surface area contributed by atoms with Crippen molar-refractivity contribution in [3.05, 3.63) is 71.5 Å². The first-order valence-corrected chi connectivity index (χ1v) is 8.48. The molecule has 27 heavy (non-hydrogen) atoms. The number of rotatable bonds is 6. The zero-order valence-corrected chi connectivity index (χ0v) is 15.6. The minimum absolute atomic E-state index is 0.316. The lowest BCUT2D eigenvalue weighted by molar-refractivity contribution is 0.102. The SMILES string of the molecule is COc1ccc(OC)c(NC(=O)c2cncc(Nc3cccc(Cl)c3)c2)c1. The van der Waals surface area contributed by atoms with Crippen LogP contribution in [-0.4, -0.2) is 25.1 Å². The fourth-order valence-electron chi connectivity index (χ4n) is 2.47. The molecule has 0 atom stereocenters. The summed E-state index contributed by atoms with van der Waals surface area (Å²) in [7, 11) is 3.09. The molecule has 7 heteroatoms. The van der Waals surface area contributed by atoms with Crippen molar-refractivity contribution < 1.29 is 14.3 Å². The molecule has 0 aliphatic carbocycles. The third kappa shape index (κ3) is 4.68. The number of anilines is 3. The molecule has 0 spiro atoms. The highest BCUT2D eigenvalue weighted by atomic mass is 35.5. The van der Waals surface area contributed by atoms with Gasteiger partial charge in [-0.25, -0.2) is 0 Å². The van der Waals surface area contributed by atoms with E-state index >= 15 is 0 Å². The standard InChI is InChI=1S/C20H18ClN3O3/c1-26-17-6-7-19(27-2)18(10-17)24-20(25)13-8-16(12-22-11-13)23-15-5-3-4-14(21)9-15/h3-12,23H,1-2H3,(H,24,25). The molecule has 0 aliphatic rings. The molecule has 6 nitrogen and oxygen atoms in total. The molecule has 0 aliphatic heterocycles. The molecule has 1 heterocycles. The Balaban J connectivity index is 1.80. The van der Waals surface area contributed by atoms with Crippen LogP contribution in [0.5, 0.6) is 11.5 Å². The summed E-state index contributed by atoms with van der Waals surface area (Å²) in [4.78, 5) is 16.8. The second kappa shape index (κ2) is 8.42. The van der Waals surface area contributed by atoms with Gasteiger partial charge in [-0.2, -0.15) is 0 Å². The van der Waals surface area contributed by atoms with E-state index in [-0.39, 0.29) is 5.91 Å². The maximum absolute atomic E-state index is 12.6. The Labute approximate surface area is 162 Å². The number of carbonyl (C=O) groups excluding carboxylic acids is 1. The second-order valence-electron chi connectivity index (χ2n) is 5.62. The fraction of sp³-hybridized carbons (Fsp3) is 0.100. The lowest BCUT2D eigenvalue weighted by atomic mass is 10.2. The van der Waals surface area contributed by atoms with E-state index in [9.17, 15) is 4.79 Å². The third-order valence-electron chi connectivity index (χ3n) is 3.77. The molecule has 138 valence electrons. The van der Waals surface area contributed by atoms with Gasteiger partial charge in [0.05, 0.1) is 37.4 Å². The van der Waals surface area contributed by atoms with Crippen LogP contribution in [-0.2, 0) is 0 Å². The smallest absolute Gasteiger partial charge is 0.257 e. The quantitative estimate of drug-likeness (QED) is 0.642. The molecule has 1 aromatic heterocycles. The summed E-state index contributed by atoms with van der Waals surface area (Å²) in [6.07, 6.45) is 3.12. The maximum atomic E-state index is 12.6. The topological polar surface area (TPSA) is 72.5 Å². The van der Waals surface area contributed by atoms with Crippen LogP contribution in [0.4, 0.5) is 17.1 Å². The highest BCUT2D eigenvalue weighted by molar-refractivity contribution is 6.30. The van der Waals surface area contributed by atoms with Gasteiger partial charge in [0.2, 0.25) is 0 Å². The number of amides is 1. The molecule has 0 radical (unpaired) electrons. The summed E-state index contributed by atoms with van der Waals surface area (Å²) in [5.74, 6) is 0.828. The summed E-state index contributed by atoms with van der Waals surface area (Å²) in [5.41, 5.74) is 2.38. The van der Waals surface area contributed by atoms with Gasteiger partial charge in [0, 0.05) is 23.0 Å². The molecule has 2 aromatic carbocycles. The van der Waals surface area contributed by atoms with Gasteiger partial charge >= 0.3 is 0 Å². The molecule has 1 amide bonds. The first kappa shape index (κ1) is 18.5. The number of methoxy groups -OCH3 is 2. The van der Waals surface area contributed by atoms with Crippen molar-refractivity contribution in [2.75, 3.05) is 24.9 Å². The Bertz CT molecular complexity index is 963. The number of benzene rings is 2. The molecule has 0 saturated carbocycles. The van der Waals surface area contributed by atoms with Crippen molar-refractivity contribution in [1.29, 1.82) is 0 Å². The molecule has 3 rings (SSSR count). The molecule has 0 bridgehead atoms.